The number of nitrogens with one attached hydrogen (secondary N) is 1. The van der Waals surface area contributed by atoms with Crippen LogP contribution in [0, 0.1) is 5.41 Å². The Hall–Kier alpha value is -1.26. The molecular formula is C6H15N3O2. The molecule has 0 fully saturated rings. The Morgan fingerprint density at radius 3 is 2.18 bits per heavy atom. The number of carbonyl (C=O) groups is 1. The second-order valence-electron chi connectivity index (χ2n) is 2.01. The first-order valence-electron chi connectivity index (χ1n) is 2.76. The van der Waals surface area contributed by atoms with Crippen LogP contribution in [0.15, 0.2) is 0 Å². The fourth-order valence-corrected chi connectivity index (χ4v) is 0.374. The molecule has 11 heavy (non-hydrogen) atoms. The summed E-state index contributed by atoms with van der Waals surface area (Å²) in [5, 5.41) is 15.3. The summed E-state index contributed by atoms with van der Waals surface area (Å²) in [4.78, 5) is 11.4. The van der Waals surface area contributed by atoms with Crippen LogP contribution >= 0.6 is 0 Å². The third kappa shape index (κ3) is 3.44. The van der Waals surface area contributed by atoms with E-state index in [-0.39, 0.29) is 13.4 Å². The molecule has 0 saturated carbocycles. The van der Waals surface area contributed by atoms with Gasteiger partial charge in [0.2, 0.25) is 0 Å². The molecular weight excluding hydrogens is 146 g/mol. The predicted molar refractivity (Wildman–Crippen MR) is 43.5 cm³/mol. The summed E-state index contributed by atoms with van der Waals surface area (Å²) in [5.41, 5.74) is 5.02. The first-order valence-corrected chi connectivity index (χ1v) is 2.76. The third-order valence-electron chi connectivity index (χ3n) is 1.32. The van der Waals surface area contributed by atoms with Crippen molar-refractivity contribution in [2.24, 2.45) is 5.73 Å². The maximum Gasteiger partial charge on any atom is 0.326 e. The molecule has 5 nitrogen and oxygen atoms in total. The minimum absolute atomic E-state index is 0. The molecule has 1 unspecified atom stereocenters. The number of hydrogen-bond donors (Lipinski definition) is 3. The SMILES string of the molecule is C.CC(C(=O)O)N(C)C(=N)N. The lowest BCUT2D eigenvalue weighted by Crippen LogP contribution is -2.43. The van der Waals surface area contributed by atoms with Crippen molar-refractivity contribution in [3.05, 3.63) is 0 Å². The van der Waals surface area contributed by atoms with Crippen LogP contribution in [0.1, 0.15) is 14.4 Å². The van der Waals surface area contributed by atoms with E-state index in [1.165, 1.54) is 18.9 Å². The van der Waals surface area contributed by atoms with Crippen LogP contribution < -0.4 is 5.73 Å². The van der Waals surface area contributed by atoms with E-state index >= 15 is 0 Å². The quantitative estimate of drug-likeness (QED) is 0.390. The lowest BCUT2D eigenvalue weighted by molar-refractivity contribution is -0.140. The molecule has 0 spiro atoms. The van der Waals surface area contributed by atoms with E-state index in [0.29, 0.717) is 0 Å². The van der Waals surface area contributed by atoms with Crippen LogP contribution in [0.3, 0.4) is 0 Å². The summed E-state index contributed by atoms with van der Waals surface area (Å²) in [6.07, 6.45) is 0. The monoisotopic (exact) mass is 161 g/mol. The molecule has 0 heterocycles. The van der Waals surface area contributed by atoms with Crippen molar-refractivity contribution in [1.82, 2.24) is 4.90 Å². The first kappa shape index (κ1) is 12.4. The molecule has 0 aliphatic heterocycles. The number of guanidine groups is 1. The van der Waals surface area contributed by atoms with Gasteiger partial charge in [0, 0.05) is 7.05 Å². The molecule has 0 amide bonds. The van der Waals surface area contributed by atoms with Crippen molar-refractivity contribution in [2.75, 3.05) is 7.05 Å². The molecule has 5 heteroatoms. The summed E-state index contributed by atoms with van der Waals surface area (Å²) in [7, 11) is 1.46. The molecule has 0 radical (unpaired) electrons. The number of carboxylic acids is 1. The molecule has 0 aliphatic rings. The Morgan fingerprint density at radius 2 is 2.09 bits per heavy atom. The zero-order valence-corrected chi connectivity index (χ0v) is 5.96. The van der Waals surface area contributed by atoms with Crippen molar-refractivity contribution < 1.29 is 9.90 Å². The standard InChI is InChI=1S/C5H11N3O2.CH4/c1-3(4(9)10)8(2)5(6)7;/h3H,1-2H3,(H3,6,7)(H,9,10);1H4. The highest BCUT2D eigenvalue weighted by Gasteiger charge is 2.16. The average Bonchev–Trinajstić information content (AvgIpc) is 1.84. The molecule has 0 rings (SSSR count). The third-order valence-corrected chi connectivity index (χ3v) is 1.32. The fraction of sp³-hybridized carbons (Fsp3) is 0.667. The molecule has 0 aromatic heterocycles. The molecule has 66 valence electrons. The van der Waals surface area contributed by atoms with Gasteiger partial charge in [-0.15, -0.1) is 0 Å². The van der Waals surface area contributed by atoms with E-state index in [1.54, 1.807) is 0 Å². The zero-order valence-electron chi connectivity index (χ0n) is 5.96. The van der Waals surface area contributed by atoms with E-state index in [0.717, 1.165) is 0 Å². The van der Waals surface area contributed by atoms with Gasteiger partial charge >= 0.3 is 5.97 Å². The van der Waals surface area contributed by atoms with Crippen molar-refractivity contribution in [3.8, 4) is 0 Å². The molecule has 4 N–H and O–H groups in total. The minimum Gasteiger partial charge on any atom is -0.480 e. The highest BCUT2D eigenvalue weighted by atomic mass is 16.4. The normalized spacial score (nSPS) is 11.1. The Balaban J connectivity index is 0. The van der Waals surface area contributed by atoms with Crippen molar-refractivity contribution in [1.29, 1.82) is 5.41 Å². The highest BCUT2D eigenvalue weighted by molar-refractivity contribution is 5.82. The topological polar surface area (TPSA) is 90.4 Å². The van der Waals surface area contributed by atoms with Gasteiger partial charge < -0.3 is 15.7 Å². The molecule has 0 saturated heterocycles. The molecule has 1 atom stereocenters. The summed E-state index contributed by atoms with van der Waals surface area (Å²) in [6, 6.07) is -0.738. The maximum absolute atomic E-state index is 10.3. The van der Waals surface area contributed by atoms with Gasteiger partial charge in [0.05, 0.1) is 0 Å². The number of aliphatic carboxylic acids is 1. The first-order chi connectivity index (χ1) is 4.46. The second-order valence-corrected chi connectivity index (χ2v) is 2.01. The van der Waals surface area contributed by atoms with Gasteiger partial charge in [0.15, 0.2) is 5.96 Å². The van der Waals surface area contributed by atoms with Crippen molar-refractivity contribution in [3.63, 3.8) is 0 Å². The van der Waals surface area contributed by atoms with Gasteiger partial charge in [-0.25, -0.2) is 4.79 Å². The number of hydrogen-bond acceptors (Lipinski definition) is 2. The minimum atomic E-state index is -0.988. The summed E-state index contributed by atoms with van der Waals surface area (Å²) in [5.74, 6) is -1.23. The van der Waals surface area contributed by atoms with Crippen LogP contribution in [-0.2, 0) is 4.79 Å². The number of likely N-dealkylation sites (N-methyl/N-ethyl adjacent to an activating group) is 1. The van der Waals surface area contributed by atoms with Crippen molar-refractivity contribution in [2.45, 2.75) is 20.4 Å². The average molecular weight is 161 g/mol. The highest BCUT2D eigenvalue weighted by Crippen LogP contribution is 1.92. The Bertz CT molecular complexity index is 140. The number of nitrogens with two attached hydrogens (primary N) is 1. The van der Waals surface area contributed by atoms with Crippen LogP contribution in [-0.4, -0.2) is 35.0 Å². The number of rotatable bonds is 2. The van der Waals surface area contributed by atoms with Gasteiger partial charge in [-0.2, -0.15) is 0 Å². The molecule has 0 aliphatic carbocycles. The second kappa shape index (κ2) is 4.54. The van der Waals surface area contributed by atoms with Crippen molar-refractivity contribution >= 4 is 11.9 Å². The van der Waals surface area contributed by atoms with Crippen LogP contribution in [0.4, 0.5) is 0 Å². The van der Waals surface area contributed by atoms with Crippen LogP contribution in [0.2, 0.25) is 0 Å². The Labute approximate surface area is 66.3 Å². The van der Waals surface area contributed by atoms with Gasteiger partial charge in [-0.3, -0.25) is 5.41 Å². The fourth-order valence-electron chi connectivity index (χ4n) is 0.374. The van der Waals surface area contributed by atoms with Gasteiger partial charge in [0.1, 0.15) is 6.04 Å². The maximum atomic E-state index is 10.3. The molecule has 0 aromatic carbocycles. The zero-order chi connectivity index (χ0) is 8.31. The van der Waals surface area contributed by atoms with E-state index < -0.39 is 12.0 Å². The van der Waals surface area contributed by atoms with E-state index in [1.807, 2.05) is 0 Å². The van der Waals surface area contributed by atoms with Crippen LogP contribution in [0.25, 0.3) is 0 Å². The lowest BCUT2D eigenvalue weighted by Gasteiger charge is -2.20. The van der Waals surface area contributed by atoms with Gasteiger partial charge in [0.25, 0.3) is 0 Å². The number of carboxylic acid groups (broad SMARTS) is 1. The summed E-state index contributed by atoms with van der Waals surface area (Å²) < 4.78 is 0. The largest absolute Gasteiger partial charge is 0.480 e. The van der Waals surface area contributed by atoms with E-state index in [9.17, 15) is 4.79 Å². The smallest absolute Gasteiger partial charge is 0.326 e. The molecule has 0 bridgehead atoms. The Morgan fingerprint density at radius 1 is 1.73 bits per heavy atom. The molecule has 0 aromatic rings. The van der Waals surface area contributed by atoms with Gasteiger partial charge in [-0.05, 0) is 6.92 Å². The van der Waals surface area contributed by atoms with Gasteiger partial charge in [-0.1, -0.05) is 7.43 Å². The predicted octanol–water partition coefficient (Wildman–Crippen LogP) is -0.0791. The number of nitrogens with zero attached hydrogens (tertiary/aromatic N) is 1. The van der Waals surface area contributed by atoms with E-state index in [2.05, 4.69) is 0 Å². The Kier molecular flexibility index (Phi) is 5.12. The van der Waals surface area contributed by atoms with Crippen LogP contribution in [0.5, 0.6) is 0 Å². The summed E-state index contributed by atoms with van der Waals surface area (Å²) >= 11 is 0. The lowest BCUT2D eigenvalue weighted by atomic mass is 10.3. The van der Waals surface area contributed by atoms with E-state index in [4.69, 9.17) is 16.2 Å². The summed E-state index contributed by atoms with van der Waals surface area (Å²) in [6.45, 7) is 1.46.